The van der Waals surface area contributed by atoms with Gasteiger partial charge in [-0.2, -0.15) is 0 Å². The lowest BCUT2D eigenvalue weighted by Gasteiger charge is -2.23. The number of rotatable bonds is 11. The molecule has 1 fully saturated rings. The minimum absolute atomic E-state index is 0.122. The summed E-state index contributed by atoms with van der Waals surface area (Å²) in [4.78, 5) is 16.3. The molecular formula is C27H35ClN2O3. The fourth-order valence-electron chi connectivity index (χ4n) is 4.43. The Kier molecular flexibility index (Phi) is 9.76. The van der Waals surface area contributed by atoms with E-state index in [2.05, 4.69) is 41.7 Å². The number of nitrogens with zero attached hydrogens (tertiary/aromatic N) is 1. The third kappa shape index (κ3) is 7.58. The number of hydrogen-bond acceptors (Lipinski definition) is 4. The molecule has 0 unspecified atom stereocenters. The van der Waals surface area contributed by atoms with Gasteiger partial charge in [0.1, 0.15) is 6.61 Å². The first kappa shape index (κ1) is 25.3. The number of aryl methyl sites for hydroxylation is 1. The van der Waals surface area contributed by atoms with Gasteiger partial charge in [0.25, 0.3) is 0 Å². The Balaban J connectivity index is 1.56. The Labute approximate surface area is 202 Å². The number of carbonyl (C=O) groups is 1. The van der Waals surface area contributed by atoms with Crippen molar-refractivity contribution in [3.8, 4) is 0 Å². The Hall–Kier alpha value is -2.37. The van der Waals surface area contributed by atoms with E-state index in [0.717, 1.165) is 28.3 Å². The second-order valence-corrected chi connectivity index (χ2v) is 9.21. The normalized spacial score (nSPS) is 14.9. The third-order valence-electron chi connectivity index (χ3n) is 6.38. The molecule has 3 rings (SSSR count). The molecule has 1 aliphatic carbocycles. The average Bonchev–Trinajstić information content (AvgIpc) is 2.82. The van der Waals surface area contributed by atoms with Crippen molar-refractivity contribution in [2.75, 3.05) is 6.54 Å². The van der Waals surface area contributed by atoms with Crippen LogP contribution in [0.1, 0.15) is 86.1 Å². The fourth-order valence-corrected chi connectivity index (χ4v) is 4.79. The van der Waals surface area contributed by atoms with Crippen LogP contribution in [0.5, 0.6) is 0 Å². The second kappa shape index (κ2) is 12.8. The number of carboxylic acids is 1. The minimum Gasteiger partial charge on any atom is -0.481 e. The van der Waals surface area contributed by atoms with Crippen LogP contribution < -0.4 is 5.32 Å². The number of benzene rings is 2. The summed E-state index contributed by atoms with van der Waals surface area (Å²) in [6.07, 6.45) is 7.40. The molecule has 2 N–H and O–H groups in total. The molecule has 178 valence electrons. The van der Waals surface area contributed by atoms with Gasteiger partial charge in [0, 0.05) is 18.1 Å². The molecule has 0 aliphatic heterocycles. The van der Waals surface area contributed by atoms with Gasteiger partial charge in [0.15, 0.2) is 0 Å². The van der Waals surface area contributed by atoms with Gasteiger partial charge in [-0.05, 0) is 72.1 Å². The molecule has 0 spiro atoms. The van der Waals surface area contributed by atoms with E-state index >= 15 is 0 Å². The molecule has 0 saturated heterocycles. The van der Waals surface area contributed by atoms with Crippen LogP contribution in [0.25, 0.3) is 0 Å². The molecule has 0 bridgehead atoms. The minimum atomic E-state index is -0.789. The molecule has 1 aliphatic rings. The van der Waals surface area contributed by atoms with Crippen LogP contribution in [0, 0.1) is 0 Å². The lowest BCUT2D eigenvalue weighted by Crippen LogP contribution is -2.18. The number of carboxylic acid groups (broad SMARTS) is 1. The fraction of sp³-hybridized carbons (Fsp3) is 0.481. The van der Waals surface area contributed by atoms with Crippen LogP contribution in [0.15, 0.2) is 41.6 Å². The van der Waals surface area contributed by atoms with Crippen LogP contribution in [0.4, 0.5) is 0 Å². The predicted molar refractivity (Wildman–Crippen MR) is 134 cm³/mol. The lowest BCUT2D eigenvalue weighted by atomic mass is 9.84. The molecule has 1 saturated carbocycles. The maximum atomic E-state index is 10.7. The van der Waals surface area contributed by atoms with Crippen molar-refractivity contribution in [2.24, 2.45) is 5.16 Å². The van der Waals surface area contributed by atoms with E-state index in [4.69, 9.17) is 21.5 Å². The topological polar surface area (TPSA) is 70.9 Å². The van der Waals surface area contributed by atoms with Crippen molar-refractivity contribution >= 4 is 23.3 Å². The first-order chi connectivity index (χ1) is 16.0. The highest BCUT2D eigenvalue weighted by Gasteiger charge is 2.18. The second-order valence-electron chi connectivity index (χ2n) is 8.80. The van der Waals surface area contributed by atoms with Crippen LogP contribution in [0.2, 0.25) is 5.02 Å². The zero-order valence-corrected chi connectivity index (χ0v) is 20.5. The number of aliphatic carboxylic acids is 1. The Morgan fingerprint density at radius 3 is 2.64 bits per heavy atom. The standard InChI is InChI=1S/C27H35ClN2O3/c1-3-21-16-23(10-11-24(21)17-29-14-13-27(31)32)19(2)30-33-18-20-9-12-25(26(28)15-20)22-7-5-4-6-8-22/h9-12,15-16,22,29H,3-8,13-14,17-18H2,1-2H3,(H,31,32)/b30-19-. The monoisotopic (exact) mass is 470 g/mol. The molecular weight excluding hydrogens is 436 g/mol. The summed E-state index contributed by atoms with van der Waals surface area (Å²) in [6, 6.07) is 12.5. The highest BCUT2D eigenvalue weighted by Crippen LogP contribution is 2.36. The van der Waals surface area contributed by atoms with Gasteiger partial charge >= 0.3 is 5.97 Å². The molecule has 2 aromatic carbocycles. The highest BCUT2D eigenvalue weighted by atomic mass is 35.5. The third-order valence-corrected chi connectivity index (χ3v) is 6.71. The van der Waals surface area contributed by atoms with Crippen LogP contribution >= 0.6 is 11.6 Å². The smallest absolute Gasteiger partial charge is 0.304 e. The molecule has 33 heavy (non-hydrogen) atoms. The van der Waals surface area contributed by atoms with Crippen molar-refractivity contribution < 1.29 is 14.7 Å². The van der Waals surface area contributed by atoms with Gasteiger partial charge < -0.3 is 15.3 Å². The van der Waals surface area contributed by atoms with E-state index in [1.807, 2.05) is 19.1 Å². The Bertz CT molecular complexity index is 968. The zero-order valence-electron chi connectivity index (χ0n) is 19.7. The van der Waals surface area contributed by atoms with E-state index in [0.29, 0.717) is 25.6 Å². The van der Waals surface area contributed by atoms with Crippen molar-refractivity contribution in [1.29, 1.82) is 0 Å². The molecule has 0 heterocycles. The van der Waals surface area contributed by atoms with Crippen molar-refractivity contribution in [3.05, 3.63) is 69.2 Å². The zero-order chi connectivity index (χ0) is 23.6. The molecule has 0 radical (unpaired) electrons. The molecule has 6 heteroatoms. The van der Waals surface area contributed by atoms with Gasteiger partial charge in [-0.1, -0.05) is 67.2 Å². The van der Waals surface area contributed by atoms with Crippen LogP contribution in [-0.4, -0.2) is 23.3 Å². The van der Waals surface area contributed by atoms with E-state index in [-0.39, 0.29) is 6.42 Å². The quantitative estimate of drug-likeness (QED) is 0.225. The number of hydrogen-bond donors (Lipinski definition) is 2. The van der Waals surface area contributed by atoms with E-state index in [1.165, 1.54) is 48.8 Å². The summed E-state index contributed by atoms with van der Waals surface area (Å²) in [5.41, 5.74) is 6.52. The predicted octanol–water partition coefficient (Wildman–Crippen LogP) is 6.46. The van der Waals surface area contributed by atoms with Crippen LogP contribution in [-0.2, 0) is 29.2 Å². The SMILES string of the molecule is CCc1cc(/C(C)=N\OCc2ccc(C3CCCCC3)c(Cl)c2)ccc1CNCCC(=O)O. The van der Waals surface area contributed by atoms with E-state index < -0.39 is 5.97 Å². The number of halogens is 1. The van der Waals surface area contributed by atoms with Gasteiger partial charge in [-0.15, -0.1) is 0 Å². The Morgan fingerprint density at radius 2 is 1.94 bits per heavy atom. The number of oxime groups is 1. The van der Waals surface area contributed by atoms with E-state index in [9.17, 15) is 4.79 Å². The van der Waals surface area contributed by atoms with Gasteiger partial charge in [0.05, 0.1) is 12.1 Å². The molecule has 0 atom stereocenters. The van der Waals surface area contributed by atoms with Crippen molar-refractivity contribution in [1.82, 2.24) is 5.32 Å². The summed E-state index contributed by atoms with van der Waals surface area (Å²) in [6.45, 7) is 5.55. The van der Waals surface area contributed by atoms with Crippen molar-refractivity contribution in [2.45, 2.75) is 77.9 Å². The average molecular weight is 471 g/mol. The summed E-state index contributed by atoms with van der Waals surface area (Å²) in [5.74, 6) is -0.201. The van der Waals surface area contributed by atoms with Crippen LogP contribution in [0.3, 0.4) is 0 Å². The van der Waals surface area contributed by atoms with Gasteiger partial charge in [0.2, 0.25) is 0 Å². The summed E-state index contributed by atoms with van der Waals surface area (Å²) in [5, 5.41) is 17.1. The largest absolute Gasteiger partial charge is 0.481 e. The first-order valence-electron chi connectivity index (χ1n) is 12.0. The highest BCUT2D eigenvalue weighted by molar-refractivity contribution is 6.31. The molecule has 2 aromatic rings. The maximum absolute atomic E-state index is 10.7. The number of nitrogens with one attached hydrogen (secondary N) is 1. The summed E-state index contributed by atoms with van der Waals surface area (Å²) in [7, 11) is 0. The van der Waals surface area contributed by atoms with Gasteiger partial charge in [-0.3, -0.25) is 4.79 Å². The molecule has 0 amide bonds. The first-order valence-corrected chi connectivity index (χ1v) is 12.3. The molecule has 5 nitrogen and oxygen atoms in total. The summed E-state index contributed by atoms with van der Waals surface area (Å²) < 4.78 is 0. The van der Waals surface area contributed by atoms with E-state index in [1.54, 1.807) is 0 Å². The van der Waals surface area contributed by atoms with Crippen molar-refractivity contribution in [3.63, 3.8) is 0 Å². The summed E-state index contributed by atoms with van der Waals surface area (Å²) >= 11 is 6.58. The van der Waals surface area contributed by atoms with Gasteiger partial charge in [-0.25, -0.2) is 0 Å². The Morgan fingerprint density at radius 1 is 1.15 bits per heavy atom. The maximum Gasteiger partial charge on any atom is 0.304 e. The molecule has 0 aromatic heterocycles. The lowest BCUT2D eigenvalue weighted by molar-refractivity contribution is -0.136.